The number of anilines is 2. The molecule has 0 atom stereocenters. The molecule has 1 N–H and O–H groups in total. The smallest absolute Gasteiger partial charge is 0.416 e. The van der Waals surface area contributed by atoms with E-state index in [0.717, 1.165) is 50.5 Å². The molecule has 1 aliphatic rings. The number of carbonyl (C=O) groups is 1. The Balaban J connectivity index is 1.60. The molecular formula is C21H24F3N3O2. The van der Waals surface area contributed by atoms with Gasteiger partial charge in [-0.3, -0.25) is 4.79 Å². The van der Waals surface area contributed by atoms with E-state index < -0.39 is 17.6 Å². The molecule has 1 fully saturated rings. The van der Waals surface area contributed by atoms with Crippen molar-refractivity contribution in [1.29, 1.82) is 0 Å². The van der Waals surface area contributed by atoms with Crippen molar-refractivity contribution >= 4 is 17.3 Å². The van der Waals surface area contributed by atoms with Crippen molar-refractivity contribution in [3.05, 3.63) is 54.1 Å². The zero-order valence-corrected chi connectivity index (χ0v) is 16.2. The van der Waals surface area contributed by atoms with Gasteiger partial charge in [0.2, 0.25) is 0 Å². The second-order valence-corrected chi connectivity index (χ2v) is 6.80. The zero-order valence-electron chi connectivity index (χ0n) is 16.2. The van der Waals surface area contributed by atoms with E-state index in [1.54, 1.807) is 0 Å². The van der Waals surface area contributed by atoms with Crippen molar-refractivity contribution in [2.24, 2.45) is 0 Å². The molecule has 5 nitrogen and oxygen atoms in total. The van der Waals surface area contributed by atoms with Gasteiger partial charge in [-0.05, 0) is 36.9 Å². The fourth-order valence-electron chi connectivity index (χ4n) is 3.26. The number of amides is 1. The summed E-state index contributed by atoms with van der Waals surface area (Å²) < 4.78 is 43.6. The third-order valence-electron chi connectivity index (χ3n) is 4.87. The first-order valence-electron chi connectivity index (χ1n) is 9.53. The van der Waals surface area contributed by atoms with Gasteiger partial charge in [0.05, 0.1) is 16.9 Å². The molecule has 0 bridgehead atoms. The van der Waals surface area contributed by atoms with Crippen LogP contribution >= 0.6 is 0 Å². The predicted octanol–water partition coefficient (Wildman–Crippen LogP) is 3.86. The first-order valence-corrected chi connectivity index (χ1v) is 9.53. The summed E-state index contributed by atoms with van der Waals surface area (Å²) in [7, 11) is 0. The number of benzene rings is 2. The minimum Gasteiger partial charge on any atom is -0.484 e. The molecule has 1 aliphatic heterocycles. The number of likely N-dealkylation sites (N-methyl/N-ethyl adjacent to an activating group) is 1. The van der Waals surface area contributed by atoms with E-state index in [0.29, 0.717) is 5.69 Å². The number of para-hydroxylation sites is 2. The van der Waals surface area contributed by atoms with Crippen molar-refractivity contribution < 1.29 is 22.7 Å². The molecule has 0 spiro atoms. The maximum atomic E-state index is 12.8. The molecule has 156 valence electrons. The monoisotopic (exact) mass is 407 g/mol. The van der Waals surface area contributed by atoms with Crippen LogP contribution < -0.4 is 15.0 Å². The van der Waals surface area contributed by atoms with Gasteiger partial charge in [0.25, 0.3) is 5.91 Å². The van der Waals surface area contributed by atoms with Gasteiger partial charge < -0.3 is 19.9 Å². The summed E-state index contributed by atoms with van der Waals surface area (Å²) >= 11 is 0. The Bertz CT molecular complexity index is 834. The first-order chi connectivity index (χ1) is 13.9. The highest BCUT2D eigenvalue weighted by Gasteiger charge is 2.30. The Kier molecular flexibility index (Phi) is 6.64. The topological polar surface area (TPSA) is 44.8 Å². The van der Waals surface area contributed by atoms with Gasteiger partial charge in [0, 0.05) is 26.2 Å². The quantitative estimate of drug-likeness (QED) is 0.790. The van der Waals surface area contributed by atoms with Crippen LogP contribution in [0.4, 0.5) is 24.5 Å². The summed E-state index contributed by atoms with van der Waals surface area (Å²) in [5, 5.41) is 2.81. The number of ether oxygens (including phenoxy) is 1. The van der Waals surface area contributed by atoms with Crippen LogP contribution in [0, 0.1) is 0 Å². The van der Waals surface area contributed by atoms with Crippen molar-refractivity contribution in [2.75, 3.05) is 49.5 Å². The molecule has 0 unspecified atom stereocenters. The number of alkyl halides is 3. The molecule has 1 saturated heterocycles. The third kappa shape index (κ3) is 5.63. The molecule has 8 heteroatoms. The predicted molar refractivity (Wildman–Crippen MR) is 106 cm³/mol. The number of rotatable bonds is 6. The van der Waals surface area contributed by atoms with Gasteiger partial charge in [-0.15, -0.1) is 0 Å². The van der Waals surface area contributed by atoms with Crippen molar-refractivity contribution in [2.45, 2.75) is 13.1 Å². The second kappa shape index (κ2) is 9.17. The maximum Gasteiger partial charge on any atom is 0.416 e. The van der Waals surface area contributed by atoms with E-state index in [1.165, 1.54) is 12.1 Å². The summed E-state index contributed by atoms with van der Waals surface area (Å²) in [5.74, 6) is -0.430. The van der Waals surface area contributed by atoms with Crippen LogP contribution in [0.15, 0.2) is 48.5 Å². The van der Waals surface area contributed by atoms with Crippen LogP contribution in [-0.2, 0) is 11.0 Å². The average Bonchev–Trinajstić information content (AvgIpc) is 2.72. The van der Waals surface area contributed by atoms with Crippen LogP contribution in [0.1, 0.15) is 12.5 Å². The molecule has 2 aromatic carbocycles. The molecule has 1 heterocycles. The Hall–Kier alpha value is -2.74. The lowest BCUT2D eigenvalue weighted by molar-refractivity contribution is -0.137. The summed E-state index contributed by atoms with van der Waals surface area (Å²) in [6.07, 6.45) is -4.46. The van der Waals surface area contributed by atoms with Crippen LogP contribution in [-0.4, -0.2) is 50.1 Å². The number of nitrogens with zero attached hydrogens (tertiary/aromatic N) is 2. The molecule has 2 aromatic rings. The highest BCUT2D eigenvalue weighted by Crippen LogP contribution is 2.31. The fraction of sp³-hybridized carbons (Fsp3) is 0.381. The lowest BCUT2D eigenvalue weighted by atomic mass is 10.2. The van der Waals surface area contributed by atoms with Crippen molar-refractivity contribution in [1.82, 2.24) is 4.90 Å². The summed E-state index contributed by atoms with van der Waals surface area (Å²) in [4.78, 5) is 16.9. The van der Waals surface area contributed by atoms with Crippen LogP contribution in [0.5, 0.6) is 5.75 Å². The van der Waals surface area contributed by atoms with Gasteiger partial charge >= 0.3 is 6.18 Å². The Morgan fingerprint density at radius 1 is 1.07 bits per heavy atom. The largest absolute Gasteiger partial charge is 0.484 e. The average molecular weight is 407 g/mol. The van der Waals surface area contributed by atoms with Crippen LogP contribution in [0.3, 0.4) is 0 Å². The van der Waals surface area contributed by atoms with Gasteiger partial charge in [-0.1, -0.05) is 25.1 Å². The highest BCUT2D eigenvalue weighted by molar-refractivity contribution is 5.95. The SMILES string of the molecule is CCN1CCN(c2ccccc2NC(=O)COc2cccc(C(F)(F)F)c2)CC1. The summed E-state index contributed by atoms with van der Waals surface area (Å²) in [5.41, 5.74) is 0.776. The molecular weight excluding hydrogens is 383 g/mol. The first kappa shape index (κ1) is 21.0. The summed E-state index contributed by atoms with van der Waals surface area (Å²) in [6, 6.07) is 12.0. The number of nitrogens with one attached hydrogen (secondary N) is 1. The minimum absolute atomic E-state index is 0.000974. The number of piperazine rings is 1. The Labute approximate surface area is 168 Å². The molecule has 1 amide bonds. The number of hydrogen-bond donors (Lipinski definition) is 1. The number of halogens is 3. The number of hydrogen-bond acceptors (Lipinski definition) is 4. The van der Waals surface area contributed by atoms with Crippen LogP contribution in [0.25, 0.3) is 0 Å². The molecule has 29 heavy (non-hydrogen) atoms. The molecule has 0 radical (unpaired) electrons. The lowest BCUT2D eigenvalue weighted by Crippen LogP contribution is -2.46. The normalized spacial score (nSPS) is 15.2. The Morgan fingerprint density at radius 3 is 2.48 bits per heavy atom. The highest BCUT2D eigenvalue weighted by atomic mass is 19.4. The van der Waals surface area contributed by atoms with Crippen molar-refractivity contribution in [3.63, 3.8) is 0 Å². The van der Waals surface area contributed by atoms with Gasteiger partial charge in [-0.25, -0.2) is 0 Å². The molecule has 0 saturated carbocycles. The fourth-order valence-corrected chi connectivity index (χ4v) is 3.26. The third-order valence-corrected chi connectivity index (χ3v) is 4.87. The standard InChI is InChI=1S/C21H24F3N3O2/c1-2-26-10-12-27(13-11-26)19-9-4-3-8-18(19)25-20(28)15-29-17-7-5-6-16(14-17)21(22,23)24/h3-9,14H,2,10-13,15H2,1H3,(H,25,28). The molecule has 0 aliphatic carbocycles. The van der Waals surface area contributed by atoms with E-state index in [1.807, 2.05) is 24.3 Å². The Morgan fingerprint density at radius 2 is 1.79 bits per heavy atom. The number of carbonyl (C=O) groups excluding carboxylic acids is 1. The summed E-state index contributed by atoms with van der Waals surface area (Å²) in [6.45, 7) is 6.41. The molecule has 0 aromatic heterocycles. The van der Waals surface area contributed by atoms with E-state index in [2.05, 4.69) is 22.0 Å². The van der Waals surface area contributed by atoms with Gasteiger partial charge in [0.1, 0.15) is 5.75 Å². The van der Waals surface area contributed by atoms with E-state index in [9.17, 15) is 18.0 Å². The minimum atomic E-state index is -4.46. The van der Waals surface area contributed by atoms with Crippen LogP contribution in [0.2, 0.25) is 0 Å². The van der Waals surface area contributed by atoms with E-state index >= 15 is 0 Å². The maximum absolute atomic E-state index is 12.8. The lowest BCUT2D eigenvalue weighted by Gasteiger charge is -2.36. The van der Waals surface area contributed by atoms with Gasteiger partial charge in [-0.2, -0.15) is 13.2 Å². The van der Waals surface area contributed by atoms with Crippen molar-refractivity contribution in [3.8, 4) is 5.75 Å². The second-order valence-electron chi connectivity index (χ2n) is 6.80. The van der Waals surface area contributed by atoms with E-state index in [-0.39, 0.29) is 12.4 Å². The van der Waals surface area contributed by atoms with E-state index in [4.69, 9.17) is 4.74 Å². The zero-order chi connectivity index (χ0) is 20.9. The van der Waals surface area contributed by atoms with Gasteiger partial charge in [0.15, 0.2) is 6.61 Å². The molecule has 3 rings (SSSR count).